The standard InChI is InChI=1S/C25H24N4O3S2/c1-15-8-7-10-18(24(31)29-12-5-6-13-29)21(15)26-23(30)22-19(14-33-25-28-27-16(2)34-25)17-9-3-4-11-20(17)32-22/h3-4,7-11H,5-6,12-14H2,1-2H3,(H,26,30). The Morgan fingerprint density at radius 3 is 2.65 bits per heavy atom. The van der Waals surface area contributed by atoms with Crippen LogP contribution in [0, 0.1) is 13.8 Å². The average molecular weight is 493 g/mol. The molecule has 174 valence electrons. The molecule has 0 aliphatic carbocycles. The first kappa shape index (κ1) is 22.6. The molecule has 0 spiro atoms. The topological polar surface area (TPSA) is 88.3 Å². The number of aromatic nitrogens is 2. The summed E-state index contributed by atoms with van der Waals surface area (Å²) in [5.41, 5.74) is 3.31. The van der Waals surface area contributed by atoms with E-state index in [2.05, 4.69) is 15.5 Å². The molecule has 1 aliphatic heterocycles. The highest BCUT2D eigenvalue weighted by Gasteiger charge is 2.26. The molecule has 1 saturated heterocycles. The van der Waals surface area contributed by atoms with E-state index in [-0.39, 0.29) is 17.6 Å². The lowest BCUT2D eigenvalue weighted by Gasteiger charge is -2.19. The van der Waals surface area contributed by atoms with Crippen LogP contribution in [-0.4, -0.2) is 40.0 Å². The van der Waals surface area contributed by atoms with Crippen LogP contribution in [0.1, 0.15) is 49.9 Å². The van der Waals surface area contributed by atoms with Crippen LogP contribution in [0.4, 0.5) is 5.69 Å². The van der Waals surface area contributed by atoms with Gasteiger partial charge in [-0.15, -0.1) is 10.2 Å². The van der Waals surface area contributed by atoms with Gasteiger partial charge in [0.2, 0.25) is 0 Å². The summed E-state index contributed by atoms with van der Waals surface area (Å²) in [5.74, 6) is 0.341. The molecule has 0 atom stereocenters. The first-order valence-corrected chi connectivity index (χ1v) is 12.9. The van der Waals surface area contributed by atoms with Gasteiger partial charge in [-0.3, -0.25) is 9.59 Å². The molecular weight excluding hydrogens is 468 g/mol. The van der Waals surface area contributed by atoms with E-state index in [0.29, 0.717) is 22.6 Å². The highest BCUT2D eigenvalue weighted by Crippen LogP contribution is 2.34. The van der Waals surface area contributed by atoms with Crippen LogP contribution in [-0.2, 0) is 5.75 Å². The lowest BCUT2D eigenvalue weighted by atomic mass is 10.1. The second-order valence-corrected chi connectivity index (χ2v) is 10.6. The highest BCUT2D eigenvalue weighted by atomic mass is 32.2. The van der Waals surface area contributed by atoms with Crippen molar-refractivity contribution in [3.63, 3.8) is 0 Å². The number of hydrogen-bond acceptors (Lipinski definition) is 7. The summed E-state index contributed by atoms with van der Waals surface area (Å²) in [6.07, 6.45) is 2.01. The number of anilines is 1. The van der Waals surface area contributed by atoms with Crippen molar-refractivity contribution in [3.05, 3.63) is 69.9 Å². The van der Waals surface area contributed by atoms with Gasteiger partial charge >= 0.3 is 0 Å². The maximum Gasteiger partial charge on any atom is 0.291 e. The minimum Gasteiger partial charge on any atom is -0.451 e. The van der Waals surface area contributed by atoms with Crippen molar-refractivity contribution in [3.8, 4) is 0 Å². The number of thioether (sulfide) groups is 1. The average Bonchev–Trinajstić information content (AvgIpc) is 3.58. The molecule has 2 aromatic carbocycles. The highest BCUT2D eigenvalue weighted by molar-refractivity contribution is 8.00. The van der Waals surface area contributed by atoms with Crippen molar-refractivity contribution < 1.29 is 14.0 Å². The lowest BCUT2D eigenvalue weighted by Crippen LogP contribution is -2.29. The molecule has 1 N–H and O–H groups in total. The van der Waals surface area contributed by atoms with Crippen LogP contribution < -0.4 is 5.32 Å². The largest absolute Gasteiger partial charge is 0.451 e. The van der Waals surface area contributed by atoms with Crippen molar-refractivity contribution in [1.82, 2.24) is 15.1 Å². The van der Waals surface area contributed by atoms with Crippen LogP contribution in [0.5, 0.6) is 0 Å². The van der Waals surface area contributed by atoms with Gasteiger partial charge in [-0.25, -0.2) is 0 Å². The Bertz CT molecular complexity index is 1370. The summed E-state index contributed by atoms with van der Waals surface area (Å²) in [6, 6.07) is 13.1. The third-order valence-corrected chi connectivity index (χ3v) is 7.89. The van der Waals surface area contributed by atoms with Gasteiger partial charge in [0, 0.05) is 29.8 Å². The SMILES string of the molecule is Cc1nnc(SCc2c(C(=O)Nc3c(C)cccc3C(=O)N3CCCC3)oc3ccccc23)s1. The van der Waals surface area contributed by atoms with Gasteiger partial charge in [0.25, 0.3) is 11.8 Å². The van der Waals surface area contributed by atoms with E-state index in [1.54, 1.807) is 6.07 Å². The van der Waals surface area contributed by atoms with Crippen LogP contribution in [0.3, 0.4) is 0 Å². The molecule has 34 heavy (non-hydrogen) atoms. The molecule has 0 saturated carbocycles. The molecule has 7 nitrogen and oxygen atoms in total. The van der Waals surface area contributed by atoms with Crippen LogP contribution >= 0.6 is 23.1 Å². The molecular formula is C25H24N4O3S2. The number of amides is 2. The number of carbonyl (C=O) groups excluding carboxylic acids is 2. The van der Waals surface area contributed by atoms with Gasteiger partial charge in [-0.05, 0) is 44.4 Å². The monoisotopic (exact) mass is 492 g/mol. The molecule has 4 aromatic rings. The van der Waals surface area contributed by atoms with Crippen molar-refractivity contribution >= 4 is 51.6 Å². The molecule has 5 rings (SSSR count). The Labute approximate surface area is 205 Å². The van der Waals surface area contributed by atoms with E-state index >= 15 is 0 Å². The van der Waals surface area contributed by atoms with Crippen molar-refractivity contribution in [2.45, 2.75) is 36.8 Å². The second-order valence-electron chi connectivity index (χ2n) is 8.23. The molecule has 3 heterocycles. The first-order valence-electron chi connectivity index (χ1n) is 11.1. The number of likely N-dealkylation sites (tertiary alicyclic amines) is 1. The van der Waals surface area contributed by atoms with Gasteiger partial charge in [0.05, 0.1) is 11.3 Å². The van der Waals surface area contributed by atoms with Gasteiger partial charge in [0.15, 0.2) is 10.1 Å². The fraction of sp³-hybridized carbons (Fsp3) is 0.280. The Morgan fingerprint density at radius 2 is 1.88 bits per heavy atom. The number of furan rings is 1. The molecule has 9 heteroatoms. The first-order chi connectivity index (χ1) is 16.5. The van der Waals surface area contributed by atoms with Crippen LogP contribution in [0.2, 0.25) is 0 Å². The van der Waals surface area contributed by atoms with Gasteiger partial charge < -0.3 is 14.6 Å². The number of rotatable bonds is 6. The molecule has 0 radical (unpaired) electrons. The number of nitrogens with one attached hydrogen (secondary N) is 1. The predicted octanol–water partition coefficient (Wildman–Crippen LogP) is 5.68. The zero-order chi connectivity index (χ0) is 23.7. The number of fused-ring (bicyclic) bond motifs is 1. The Morgan fingerprint density at radius 1 is 1.09 bits per heavy atom. The predicted molar refractivity (Wildman–Crippen MR) is 135 cm³/mol. The molecule has 0 unspecified atom stereocenters. The Balaban J connectivity index is 1.47. The number of nitrogens with zero attached hydrogens (tertiary/aromatic N) is 3. The summed E-state index contributed by atoms with van der Waals surface area (Å²) in [7, 11) is 0. The molecule has 2 aromatic heterocycles. The minimum atomic E-state index is -0.370. The molecule has 1 aliphatic rings. The lowest BCUT2D eigenvalue weighted by molar-refractivity contribution is 0.0793. The maximum absolute atomic E-state index is 13.5. The summed E-state index contributed by atoms with van der Waals surface area (Å²) < 4.78 is 6.85. The number of hydrogen-bond donors (Lipinski definition) is 1. The van der Waals surface area contributed by atoms with Crippen LogP contribution in [0.25, 0.3) is 11.0 Å². The zero-order valence-corrected chi connectivity index (χ0v) is 20.6. The van der Waals surface area contributed by atoms with Gasteiger partial charge in [-0.1, -0.05) is 53.4 Å². The zero-order valence-electron chi connectivity index (χ0n) is 19.0. The minimum absolute atomic E-state index is 0.0523. The van der Waals surface area contributed by atoms with E-state index < -0.39 is 0 Å². The van der Waals surface area contributed by atoms with Crippen molar-refractivity contribution in [2.24, 2.45) is 0 Å². The van der Waals surface area contributed by atoms with E-state index in [1.165, 1.54) is 23.1 Å². The third-order valence-electron chi connectivity index (χ3n) is 5.89. The summed E-state index contributed by atoms with van der Waals surface area (Å²) in [4.78, 5) is 28.5. The van der Waals surface area contributed by atoms with Crippen molar-refractivity contribution in [2.75, 3.05) is 18.4 Å². The fourth-order valence-corrected chi connectivity index (χ4v) is 6.01. The maximum atomic E-state index is 13.5. The fourth-order valence-electron chi connectivity index (χ4n) is 4.17. The quantitative estimate of drug-likeness (QED) is 0.348. The van der Waals surface area contributed by atoms with Gasteiger partial charge in [0.1, 0.15) is 10.6 Å². The molecule has 2 amide bonds. The summed E-state index contributed by atoms with van der Waals surface area (Å²) in [6.45, 7) is 5.30. The molecule has 0 bridgehead atoms. The van der Waals surface area contributed by atoms with E-state index in [9.17, 15) is 9.59 Å². The van der Waals surface area contributed by atoms with E-state index in [1.807, 2.05) is 55.1 Å². The number of carbonyl (C=O) groups is 2. The Kier molecular flexibility index (Phi) is 6.38. The molecule has 1 fully saturated rings. The third kappa shape index (κ3) is 4.45. The second kappa shape index (κ2) is 9.60. The summed E-state index contributed by atoms with van der Waals surface area (Å²) in [5, 5.41) is 13.0. The smallest absolute Gasteiger partial charge is 0.291 e. The number of aryl methyl sites for hydroxylation is 2. The van der Waals surface area contributed by atoms with E-state index in [0.717, 1.165) is 51.8 Å². The van der Waals surface area contributed by atoms with Crippen molar-refractivity contribution in [1.29, 1.82) is 0 Å². The number of para-hydroxylation sites is 2. The van der Waals surface area contributed by atoms with Crippen LogP contribution in [0.15, 0.2) is 51.2 Å². The number of benzene rings is 2. The van der Waals surface area contributed by atoms with Gasteiger partial charge in [-0.2, -0.15) is 0 Å². The normalized spacial score (nSPS) is 13.5. The van der Waals surface area contributed by atoms with E-state index in [4.69, 9.17) is 4.42 Å². The summed E-state index contributed by atoms with van der Waals surface area (Å²) >= 11 is 3.04. The Hall–Kier alpha value is -3.17.